The first-order valence-electron chi connectivity index (χ1n) is 7.64. The van der Waals surface area contributed by atoms with Gasteiger partial charge in [0.25, 0.3) is 0 Å². The van der Waals surface area contributed by atoms with Gasteiger partial charge in [-0.1, -0.05) is 0 Å². The van der Waals surface area contributed by atoms with Gasteiger partial charge in [0.05, 0.1) is 0 Å². The number of nitrogens with zero attached hydrogens (tertiary/aromatic N) is 2. The van der Waals surface area contributed by atoms with Crippen LogP contribution in [-0.2, 0) is 11.3 Å². The van der Waals surface area contributed by atoms with Gasteiger partial charge in [0.15, 0.2) is 0 Å². The van der Waals surface area contributed by atoms with Crippen LogP contribution in [0.4, 0.5) is 4.79 Å². The molecular formula is C16H24BrN3O2. The minimum absolute atomic E-state index is 0.147. The highest BCUT2D eigenvalue weighted by Gasteiger charge is 2.24. The summed E-state index contributed by atoms with van der Waals surface area (Å²) in [4.78, 5) is 18.4. The van der Waals surface area contributed by atoms with Gasteiger partial charge in [-0.2, -0.15) is 0 Å². The Hall–Kier alpha value is -1.14. The lowest BCUT2D eigenvalue weighted by Crippen LogP contribution is -2.48. The first kappa shape index (κ1) is 17.2. The third kappa shape index (κ3) is 5.93. The predicted molar refractivity (Wildman–Crippen MR) is 89.6 cm³/mol. The van der Waals surface area contributed by atoms with E-state index in [1.165, 1.54) is 5.56 Å². The molecule has 1 fully saturated rings. The number of halogens is 1. The Morgan fingerprint density at radius 2 is 2.32 bits per heavy atom. The molecule has 1 aromatic heterocycles. The number of amides is 1. The SMILES string of the molecule is CC(C)(C)OC(=O)NC1CCCN(Cc2ccnc(Br)c2)C1. The van der Waals surface area contributed by atoms with E-state index in [0.29, 0.717) is 0 Å². The normalized spacial score (nSPS) is 19.7. The molecule has 5 nitrogen and oxygen atoms in total. The van der Waals surface area contributed by atoms with Crippen molar-refractivity contribution in [3.05, 3.63) is 28.5 Å². The number of carbonyl (C=O) groups excluding carboxylic acids is 1. The molecule has 2 heterocycles. The average molecular weight is 370 g/mol. The number of alkyl carbamates (subject to hydrolysis) is 1. The van der Waals surface area contributed by atoms with Crippen LogP contribution < -0.4 is 5.32 Å². The number of carbonyl (C=O) groups is 1. The topological polar surface area (TPSA) is 54.5 Å². The van der Waals surface area contributed by atoms with Crippen molar-refractivity contribution in [2.45, 2.75) is 51.8 Å². The van der Waals surface area contributed by atoms with Gasteiger partial charge in [-0.25, -0.2) is 9.78 Å². The van der Waals surface area contributed by atoms with Crippen molar-refractivity contribution < 1.29 is 9.53 Å². The van der Waals surface area contributed by atoms with Crippen LogP contribution in [0.25, 0.3) is 0 Å². The number of pyridine rings is 1. The maximum Gasteiger partial charge on any atom is 0.407 e. The lowest BCUT2D eigenvalue weighted by molar-refractivity contribution is 0.0470. The standard InChI is InChI=1S/C16H24BrN3O2/c1-16(2,3)22-15(21)19-13-5-4-8-20(11-13)10-12-6-7-18-14(17)9-12/h6-7,9,13H,4-5,8,10-11H2,1-3H3,(H,19,21). The van der Waals surface area contributed by atoms with E-state index in [1.54, 1.807) is 6.20 Å². The van der Waals surface area contributed by atoms with Gasteiger partial charge in [-0.05, 0) is 73.8 Å². The number of nitrogens with one attached hydrogen (secondary N) is 1. The van der Waals surface area contributed by atoms with Crippen LogP contribution in [0.15, 0.2) is 22.9 Å². The van der Waals surface area contributed by atoms with Crippen LogP contribution in [0.2, 0.25) is 0 Å². The van der Waals surface area contributed by atoms with Gasteiger partial charge in [-0.15, -0.1) is 0 Å². The Morgan fingerprint density at radius 3 is 3.00 bits per heavy atom. The second-order valence-corrected chi connectivity index (χ2v) is 7.52. The summed E-state index contributed by atoms with van der Waals surface area (Å²) in [6, 6.07) is 4.20. The fourth-order valence-corrected chi connectivity index (χ4v) is 3.00. The molecular weight excluding hydrogens is 346 g/mol. The zero-order valence-corrected chi connectivity index (χ0v) is 15.0. The summed E-state index contributed by atoms with van der Waals surface area (Å²) in [6.45, 7) is 8.39. The Morgan fingerprint density at radius 1 is 1.55 bits per heavy atom. The average Bonchev–Trinajstić information content (AvgIpc) is 2.36. The van der Waals surface area contributed by atoms with Crippen LogP contribution in [0, 0.1) is 0 Å². The Kier molecular flexibility index (Phi) is 5.81. The molecule has 1 N–H and O–H groups in total. The van der Waals surface area contributed by atoms with E-state index in [0.717, 1.165) is 37.1 Å². The number of likely N-dealkylation sites (tertiary alicyclic amines) is 1. The molecule has 0 bridgehead atoms. The Bertz CT molecular complexity index is 516. The number of piperidine rings is 1. The molecule has 1 unspecified atom stereocenters. The van der Waals surface area contributed by atoms with E-state index in [2.05, 4.69) is 31.1 Å². The van der Waals surface area contributed by atoms with Gasteiger partial charge in [-0.3, -0.25) is 4.90 Å². The highest BCUT2D eigenvalue weighted by atomic mass is 79.9. The van der Waals surface area contributed by atoms with E-state index in [4.69, 9.17) is 4.74 Å². The van der Waals surface area contributed by atoms with E-state index in [9.17, 15) is 4.79 Å². The van der Waals surface area contributed by atoms with Crippen LogP contribution >= 0.6 is 15.9 Å². The molecule has 1 aliphatic rings. The lowest BCUT2D eigenvalue weighted by Gasteiger charge is -2.33. The zero-order chi connectivity index (χ0) is 16.2. The second kappa shape index (κ2) is 7.42. The Balaban J connectivity index is 1.85. The maximum absolute atomic E-state index is 11.9. The van der Waals surface area contributed by atoms with E-state index < -0.39 is 5.60 Å². The maximum atomic E-state index is 11.9. The van der Waals surface area contributed by atoms with Gasteiger partial charge in [0.2, 0.25) is 0 Å². The molecule has 0 aliphatic carbocycles. The highest BCUT2D eigenvalue weighted by Crippen LogP contribution is 2.16. The zero-order valence-electron chi connectivity index (χ0n) is 13.4. The summed E-state index contributed by atoms with van der Waals surface area (Å²) < 4.78 is 6.18. The molecule has 1 atom stereocenters. The van der Waals surface area contributed by atoms with Gasteiger partial charge in [0.1, 0.15) is 10.2 Å². The summed E-state index contributed by atoms with van der Waals surface area (Å²) in [6.07, 6.45) is 3.55. The van der Waals surface area contributed by atoms with Crippen molar-refractivity contribution in [1.29, 1.82) is 0 Å². The van der Waals surface area contributed by atoms with Gasteiger partial charge < -0.3 is 10.1 Å². The molecule has 1 amide bonds. The molecule has 122 valence electrons. The summed E-state index contributed by atoms with van der Waals surface area (Å²) in [5.41, 5.74) is 0.765. The molecule has 22 heavy (non-hydrogen) atoms. The molecule has 0 spiro atoms. The monoisotopic (exact) mass is 369 g/mol. The molecule has 6 heteroatoms. The first-order chi connectivity index (χ1) is 10.3. The summed E-state index contributed by atoms with van der Waals surface area (Å²) >= 11 is 3.40. The number of hydrogen-bond acceptors (Lipinski definition) is 4. The van der Waals surface area contributed by atoms with Crippen molar-refractivity contribution >= 4 is 22.0 Å². The van der Waals surface area contributed by atoms with Crippen LogP contribution in [0.5, 0.6) is 0 Å². The number of rotatable bonds is 3. The smallest absolute Gasteiger partial charge is 0.407 e. The summed E-state index contributed by atoms with van der Waals surface area (Å²) in [7, 11) is 0. The molecule has 0 saturated carbocycles. The van der Waals surface area contributed by atoms with Gasteiger partial charge in [0, 0.05) is 25.3 Å². The number of ether oxygens (including phenoxy) is 1. The minimum Gasteiger partial charge on any atom is -0.444 e. The third-order valence-corrected chi connectivity index (χ3v) is 3.86. The van der Waals surface area contributed by atoms with Crippen molar-refractivity contribution in [3.63, 3.8) is 0 Å². The molecule has 1 saturated heterocycles. The fourth-order valence-electron chi connectivity index (χ4n) is 2.59. The van der Waals surface area contributed by atoms with Crippen molar-refractivity contribution in [2.24, 2.45) is 0 Å². The van der Waals surface area contributed by atoms with Crippen LogP contribution in [0.1, 0.15) is 39.2 Å². The lowest BCUT2D eigenvalue weighted by atomic mass is 10.1. The van der Waals surface area contributed by atoms with Crippen LogP contribution in [0.3, 0.4) is 0 Å². The molecule has 1 aromatic rings. The molecule has 0 aromatic carbocycles. The largest absolute Gasteiger partial charge is 0.444 e. The summed E-state index contributed by atoms with van der Waals surface area (Å²) in [5, 5.41) is 2.98. The number of aromatic nitrogens is 1. The summed E-state index contributed by atoms with van der Waals surface area (Å²) in [5.74, 6) is 0. The minimum atomic E-state index is -0.457. The Labute approximate surface area is 140 Å². The number of hydrogen-bond donors (Lipinski definition) is 1. The fraction of sp³-hybridized carbons (Fsp3) is 0.625. The predicted octanol–water partition coefficient (Wildman–Crippen LogP) is 3.33. The van der Waals surface area contributed by atoms with E-state index in [-0.39, 0.29) is 12.1 Å². The van der Waals surface area contributed by atoms with Crippen molar-refractivity contribution in [2.75, 3.05) is 13.1 Å². The molecule has 1 aliphatic heterocycles. The second-order valence-electron chi connectivity index (χ2n) is 6.71. The highest BCUT2D eigenvalue weighted by molar-refractivity contribution is 9.10. The van der Waals surface area contributed by atoms with Crippen molar-refractivity contribution in [3.8, 4) is 0 Å². The van der Waals surface area contributed by atoms with Gasteiger partial charge >= 0.3 is 6.09 Å². The quantitative estimate of drug-likeness (QED) is 0.830. The van der Waals surface area contributed by atoms with Crippen molar-refractivity contribution in [1.82, 2.24) is 15.2 Å². The van der Waals surface area contributed by atoms with Crippen LogP contribution in [-0.4, -0.2) is 40.7 Å². The molecule has 0 radical (unpaired) electrons. The third-order valence-electron chi connectivity index (χ3n) is 3.42. The molecule has 2 rings (SSSR count). The van der Waals surface area contributed by atoms with E-state index >= 15 is 0 Å². The first-order valence-corrected chi connectivity index (χ1v) is 8.43. The van der Waals surface area contributed by atoms with E-state index in [1.807, 2.05) is 32.9 Å².